The first-order valence-corrected chi connectivity index (χ1v) is 9.08. The maximum atomic E-state index is 6.17. The summed E-state index contributed by atoms with van der Waals surface area (Å²) in [5, 5.41) is 3.38. The smallest absolute Gasteiger partial charge is 0.189 e. The Morgan fingerprint density at radius 2 is 2.25 bits per heavy atom. The molecular weight excluding hydrogens is 302 g/mol. The van der Waals surface area contributed by atoms with Gasteiger partial charge in [0, 0.05) is 31.7 Å². The lowest BCUT2D eigenvalue weighted by Crippen LogP contribution is -2.40. The Labute approximate surface area is 144 Å². The van der Waals surface area contributed by atoms with E-state index in [2.05, 4.69) is 16.4 Å². The van der Waals surface area contributed by atoms with Crippen molar-refractivity contribution in [2.45, 2.75) is 45.1 Å². The Kier molecular flexibility index (Phi) is 5.61. The number of aliphatic imine (C=N–C) groups is 1. The first kappa shape index (κ1) is 17.1. The molecule has 1 heterocycles. The molecule has 3 rings (SSSR count). The molecule has 5 heteroatoms. The molecule has 1 saturated carbocycles. The quantitative estimate of drug-likeness (QED) is 0.458. The van der Waals surface area contributed by atoms with Crippen molar-refractivity contribution in [3.63, 3.8) is 0 Å². The van der Waals surface area contributed by atoms with Gasteiger partial charge in [0.1, 0.15) is 5.75 Å². The fourth-order valence-corrected chi connectivity index (χ4v) is 3.57. The fraction of sp³-hybridized carbons (Fsp3) is 0.632. The molecule has 3 N–H and O–H groups in total. The molecule has 5 nitrogen and oxygen atoms in total. The highest BCUT2D eigenvalue weighted by molar-refractivity contribution is 5.78. The van der Waals surface area contributed by atoms with Crippen LogP contribution in [-0.4, -0.2) is 32.3 Å². The molecule has 24 heavy (non-hydrogen) atoms. The second-order valence-corrected chi connectivity index (χ2v) is 6.87. The van der Waals surface area contributed by atoms with Crippen LogP contribution < -0.4 is 15.8 Å². The average Bonchev–Trinajstić information content (AvgIpc) is 2.57. The largest absolute Gasteiger partial charge is 0.493 e. The number of nitrogens with one attached hydrogen (secondary N) is 1. The summed E-state index contributed by atoms with van der Waals surface area (Å²) in [6, 6.07) is 8.31. The van der Waals surface area contributed by atoms with Crippen LogP contribution in [-0.2, 0) is 4.74 Å². The minimum Gasteiger partial charge on any atom is -0.493 e. The van der Waals surface area contributed by atoms with Crippen molar-refractivity contribution >= 4 is 5.96 Å². The standard InChI is InChI=1S/C19H29N3O2/c1-2-23-13-11-19(9-5-10-19)14-21-18(20)22-16-8-12-24-17-7-4-3-6-15(16)17/h3-4,6-7,16H,2,5,8-14H2,1H3,(H3,20,21,22). The van der Waals surface area contributed by atoms with Crippen molar-refractivity contribution in [2.24, 2.45) is 16.1 Å². The molecule has 2 aliphatic rings. The van der Waals surface area contributed by atoms with Gasteiger partial charge in [0.05, 0.1) is 12.6 Å². The van der Waals surface area contributed by atoms with Gasteiger partial charge in [0.2, 0.25) is 0 Å². The summed E-state index contributed by atoms with van der Waals surface area (Å²) in [6.45, 7) is 5.15. The number of benzene rings is 1. The van der Waals surface area contributed by atoms with Crippen LogP contribution in [0.25, 0.3) is 0 Å². The Balaban J connectivity index is 1.57. The van der Waals surface area contributed by atoms with Gasteiger partial charge in [-0.3, -0.25) is 4.99 Å². The van der Waals surface area contributed by atoms with Crippen LogP contribution in [0.3, 0.4) is 0 Å². The second-order valence-electron chi connectivity index (χ2n) is 6.87. The Morgan fingerprint density at radius 3 is 3.00 bits per heavy atom. The van der Waals surface area contributed by atoms with Crippen molar-refractivity contribution in [1.29, 1.82) is 0 Å². The van der Waals surface area contributed by atoms with Gasteiger partial charge in [-0.2, -0.15) is 0 Å². The normalized spacial score (nSPS) is 22.2. The van der Waals surface area contributed by atoms with Crippen LogP contribution in [0.2, 0.25) is 0 Å². The van der Waals surface area contributed by atoms with Gasteiger partial charge in [-0.05, 0) is 37.7 Å². The van der Waals surface area contributed by atoms with Gasteiger partial charge in [-0.15, -0.1) is 0 Å². The Bertz CT molecular complexity index is 569. The third-order valence-electron chi connectivity index (χ3n) is 5.26. The molecule has 0 amide bonds. The van der Waals surface area contributed by atoms with Gasteiger partial charge in [0.25, 0.3) is 0 Å². The Morgan fingerprint density at radius 1 is 1.42 bits per heavy atom. The maximum absolute atomic E-state index is 6.17. The number of para-hydroxylation sites is 1. The SMILES string of the molecule is CCOCCC1(CN=C(N)NC2CCOc3ccccc32)CCC1. The Hall–Kier alpha value is -1.75. The maximum Gasteiger partial charge on any atom is 0.189 e. The van der Waals surface area contributed by atoms with Gasteiger partial charge in [-0.25, -0.2) is 0 Å². The van der Waals surface area contributed by atoms with E-state index in [0.717, 1.165) is 43.9 Å². The molecule has 1 atom stereocenters. The molecule has 1 aliphatic heterocycles. The van der Waals surface area contributed by atoms with Crippen LogP contribution in [0.5, 0.6) is 5.75 Å². The van der Waals surface area contributed by atoms with Crippen molar-refractivity contribution in [2.75, 3.05) is 26.4 Å². The summed E-state index contributed by atoms with van der Waals surface area (Å²) >= 11 is 0. The molecule has 0 bridgehead atoms. The van der Waals surface area contributed by atoms with Crippen LogP contribution in [0.15, 0.2) is 29.3 Å². The fourth-order valence-electron chi connectivity index (χ4n) is 3.57. The molecule has 1 aromatic carbocycles. The summed E-state index contributed by atoms with van der Waals surface area (Å²) in [4.78, 5) is 4.65. The number of rotatable bonds is 7. The van der Waals surface area contributed by atoms with E-state index < -0.39 is 0 Å². The molecule has 1 unspecified atom stereocenters. The van der Waals surface area contributed by atoms with Crippen molar-refractivity contribution in [3.8, 4) is 5.75 Å². The highest BCUT2D eigenvalue weighted by Gasteiger charge is 2.36. The van der Waals surface area contributed by atoms with Gasteiger partial charge < -0.3 is 20.5 Å². The number of ether oxygens (including phenoxy) is 2. The lowest BCUT2D eigenvalue weighted by atomic mass is 9.67. The van der Waals surface area contributed by atoms with Gasteiger partial charge in [0.15, 0.2) is 5.96 Å². The van der Waals surface area contributed by atoms with Crippen LogP contribution in [0.1, 0.15) is 50.6 Å². The van der Waals surface area contributed by atoms with E-state index in [-0.39, 0.29) is 6.04 Å². The van der Waals surface area contributed by atoms with E-state index in [1.54, 1.807) is 0 Å². The van der Waals surface area contributed by atoms with E-state index in [1.807, 2.05) is 25.1 Å². The molecule has 0 saturated heterocycles. The molecule has 1 fully saturated rings. The predicted octanol–water partition coefficient (Wildman–Crippen LogP) is 3.01. The first-order chi connectivity index (χ1) is 11.7. The molecular formula is C19H29N3O2. The van der Waals surface area contributed by atoms with E-state index >= 15 is 0 Å². The minimum absolute atomic E-state index is 0.180. The number of hydrogen-bond donors (Lipinski definition) is 2. The predicted molar refractivity (Wildman–Crippen MR) is 96.3 cm³/mol. The number of hydrogen-bond acceptors (Lipinski definition) is 3. The molecule has 1 aliphatic carbocycles. The van der Waals surface area contributed by atoms with Crippen molar-refractivity contribution in [3.05, 3.63) is 29.8 Å². The first-order valence-electron chi connectivity index (χ1n) is 9.08. The summed E-state index contributed by atoms with van der Waals surface area (Å²) in [5.41, 5.74) is 7.63. The van der Waals surface area contributed by atoms with Gasteiger partial charge in [-0.1, -0.05) is 24.6 Å². The number of guanidine groups is 1. The van der Waals surface area contributed by atoms with Crippen LogP contribution >= 0.6 is 0 Å². The second kappa shape index (κ2) is 7.88. The highest BCUT2D eigenvalue weighted by atomic mass is 16.5. The molecule has 0 aromatic heterocycles. The van der Waals surface area contributed by atoms with Crippen LogP contribution in [0, 0.1) is 5.41 Å². The van der Waals surface area contributed by atoms with Crippen molar-refractivity contribution < 1.29 is 9.47 Å². The molecule has 132 valence electrons. The van der Waals surface area contributed by atoms with E-state index in [9.17, 15) is 0 Å². The van der Waals surface area contributed by atoms with Gasteiger partial charge >= 0.3 is 0 Å². The summed E-state index contributed by atoms with van der Waals surface area (Å²) in [5.74, 6) is 1.49. The molecule has 0 radical (unpaired) electrons. The monoisotopic (exact) mass is 331 g/mol. The lowest BCUT2D eigenvalue weighted by molar-refractivity contribution is 0.0609. The summed E-state index contributed by atoms with van der Waals surface area (Å²) < 4.78 is 11.2. The number of nitrogens with zero attached hydrogens (tertiary/aromatic N) is 1. The zero-order valence-electron chi connectivity index (χ0n) is 14.6. The third-order valence-corrected chi connectivity index (χ3v) is 5.26. The highest BCUT2D eigenvalue weighted by Crippen LogP contribution is 2.44. The number of fused-ring (bicyclic) bond motifs is 1. The zero-order valence-corrected chi connectivity index (χ0v) is 14.6. The van der Waals surface area contributed by atoms with E-state index in [0.29, 0.717) is 18.0 Å². The molecule has 1 aromatic rings. The van der Waals surface area contributed by atoms with Crippen LogP contribution in [0.4, 0.5) is 0 Å². The minimum atomic E-state index is 0.180. The van der Waals surface area contributed by atoms with E-state index in [1.165, 1.54) is 19.3 Å². The summed E-state index contributed by atoms with van der Waals surface area (Å²) in [7, 11) is 0. The van der Waals surface area contributed by atoms with Crippen molar-refractivity contribution in [1.82, 2.24) is 5.32 Å². The molecule has 0 spiro atoms. The summed E-state index contributed by atoms with van der Waals surface area (Å²) in [6.07, 6.45) is 5.75. The average molecular weight is 331 g/mol. The topological polar surface area (TPSA) is 68.9 Å². The van der Waals surface area contributed by atoms with E-state index in [4.69, 9.17) is 15.2 Å². The number of nitrogens with two attached hydrogens (primary N) is 1. The third kappa shape index (κ3) is 4.01. The zero-order chi connectivity index (χ0) is 16.8. The lowest BCUT2D eigenvalue weighted by Gasteiger charge is -2.41.